The summed E-state index contributed by atoms with van der Waals surface area (Å²) in [6.07, 6.45) is 3.67. The van der Waals surface area contributed by atoms with E-state index in [4.69, 9.17) is 4.99 Å². The number of para-hydroxylation sites is 1. The second-order valence-electron chi connectivity index (χ2n) is 8.69. The van der Waals surface area contributed by atoms with E-state index in [2.05, 4.69) is 76.4 Å². The molecule has 2 heterocycles. The maximum atomic E-state index is 4.94. The maximum absolute atomic E-state index is 4.94. The van der Waals surface area contributed by atoms with Gasteiger partial charge in [-0.25, -0.2) is 0 Å². The molecular formula is C24H43IN6. The molecule has 2 aliphatic heterocycles. The smallest absolute Gasteiger partial charge is 0.191 e. The number of piperidine rings is 1. The highest BCUT2D eigenvalue weighted by molar-refractivity contribution is 14.0. The summed E-state index contributed by atoms with van der Waals surface area (Å²) < 4.78 is 0. The zero-order valence-electron chi connectivity index (χ0n) is 19.7. The molecule has 1 aromatic carbocycles. The van der Waals surface area contributed by atoms with Crippen LogP contribution < -0.4 is 15.5 Å². The molecule has 0 spiro atoms. The van der Waals surface area contributed by atoms with E-state index in [0.29, 0.717) is 12.1 Å². The highest BCUT2D eigenvalue weighted by Crippen LogP contribution is 2.16. The summed E-state index contributed by atoms with van der Waals surface area (Å²) in [6, 6.07) is 11.8. The molecule has 1 atom stereocenters. The van der Waals surface area contributed by atoms with Crippen LogP contribution in [0.3, 0.4) is 0 Å². The van der Waals surface area contributed by atoms with Crippen molar-refractivity contribution in [3.8, 4) is 0 Å². The van der Waals surface area contributed by atoms with Gasteiger partial charge in [0.15, 0.2) is 5.96 Å². The average Bonchev–Trinajstić information content (AvgIpc) is 2.79. The molecule has 2 aliphatic rings. The van der Waals surface area contributed by atoms with Crippen LogP contribution in [0.15, 0.2) is 35.3 Å². The Morgan fingerprint density at radius 2 is 1.71 bits per heavy atom. The number of hydrogen-bond acceptors (Lipinski definition) is 4. The normalized spacial score (nSPS) is 20.2. The van der Waals surface area contributed by atoms with Gasteiger partial charge in [-0.1, -0.05) is 25.1 Å². The fourth-order valence-electron chi connectivity index (χ4n) is 4.53. The van der Waals surface area contributed by atoms with Gasteiger partial charge in [0.2, 0.25) is 0 Å². The molecule has 0 aliphatic carbocycles. The molecule has 1 unspecified atom stereocenters. The fraction of sp³-hybridized carbons (Fsp3) is 0.708. The SMILES string of the molecule is CCCN1CCC(NC(=NCC(C)N2CCN(c3ccccc3)CC2)NCC)CC1.I. The van der Waals surface area contributed by atoms with Crippen molar-refractivity contribution in [2.45, 2.75) is 52.1 Å². The number of rotatable bonds is 8. The molecule has 2 fully saturated rings. The van der Waals surface area contributed by atoms with Crippen molar-refractivity contribution in [3.63, 3.8) is 0 Å². The molecule has 176 valence electrons. The van der Waals surface area contributed by atoms with E-state index in [0.717, 1.165) is 45.2 Å². The minimum absolute atomic E-state index is 0. The first kappa shape index (κ1) is 26.2. The third-order valence-corrected chi connectivity index (χ3v) is 6.39. The lowest BCUT2D eigenvalue weighted by atomic mass is 10.1. The van der Waals surface area contributed by atoms with E-state index in [1.54, 1.807) is 0 Å². The molecule has 1 aromatic rings. The molecule has 0 aromatic heterocycles. The summed E-state index contributed by atoms with van der Waals surface area (Å²) in [5, 5.41) is 7.14. The number of nitrogens with zero attached hydrogens (tertiary/aromatic N) is 4. The van der Waals surface area contributed by atoms with Crippen molar-refractivity contribution in [3.05, 3.63) is 30.3 Å². The zero-order chi connectivity index (χ0) is 21.2. The van der Waals surface area contributed by atoms with Crippen molar-refractivity contribution in [2.75, 3.05) is 63.8 Å². The molecule has 6 nitrogen and oxygen atoms in total. The fourth-order valence-corrected chi connectivity index (χ4v) is 4.53. The van der Waals surface area contributed by atoms with Crippen LogP contribution in [0.2, 0.25) is 0 Å². The lowest BCUT2D eigenvalue weighted by Gasteiger charge is -2.38. The molecule has 3 rings (SSSR count). The minimum Gasteiger partial charge on any atom is -0.369 e. The summed E-state index contributed by atoms with van der Waals surface area (Å²) in [7, 11) is 0. The van der Waals surface area contributed by atoms with Gasteiger partial charge < -0.3 is 20.4 Å². The first-order valence-corrected chi connectivity index (χ1v) is 12.0. The van der Waals surface area contributed by atoms with Gasteiger partial charge in [-0.05, 0) is 51.8 Å². The summed E-state index contributed by atoms with van der Waals surface area (Å²) in [5.41, 5.74) is 1.34. The predicted octanol–water partition coefficient (Wildman–Crippen LogP) is 3.24. The molecule has 0 saturated carbocycles. The van der Waals surface area contributed by atoms with Gasteiger partial charge in [0.1, 0.15) is 0 Å². The Kier molecular flexibility index (Phi) is 12.0. The highest BCUT2D eigenvalue weighted by Gasteiger charge is 2.22. The maximum Gasteiger partial charge on any atom is 0.191 e. The van der Waals surface area contributed by atoms with E-state index in [-0.39, 0.29) is 24.0 Å². The van der Waals surface area contributed by atoms with Crippen LogP contribution in [0.4, 0.5) is 5.69 Å². The van der Waals surface area contributed by atoms with E-state index in [1.165, 1.54) is 44.6 Å². The number of piperazine rings is 1. The third kappa shape index (κ3) is 8.42. The van der Waals surface area contributed by atoms with Gasteiger partial charge in [-0.2, -0.15) is 0 Å². The van der Waals surface area contributed by atoms with Gasteiger partial charge >= 0.3 is 0 Å². The Hall–Kier alpha value is -1.06. The van der Waals surface area contributed by atoms with Crippen LogP contribution in [0.5, 0.6) is 0 Å². The number of nitrogens with one attached hydrogen (secondary N) is 2. The van der Waals surface area contributed by atoms with Crippen molar-refractivity contribution in [2.24, 2.45) is 4.99 Å². The summed E-state index contributed by atoms with van der Waals surface area (Å²) in [4.78, 5) is 12.6. The first-order chi connectivity index (χ1) is 14.7. The van der Waals surface area contributed by atoms with Crippen LogP contribution >= 0.6 is 24.0 Å². The molecule has 0 bridgehead atoms. The Morgan fingerprint density at radius 3 is 2.32 bits per heavy atom. The lowest BCUT2D eigenvalue weighted by molar-refractivity contribution is 0.200. The van der Waals surface area contributed by atoms with Gasteiger partial charge in [-0.3, -0.25) is 9.89 Å². The lowest BCUT2D eigenvalue weighted by Crippen LogP contribution is -2.51. The van der Waals surface area contributed by atoms with Gasteiger partial charge in [0.05, 0.1) is 6.54 Å². The molecule has 0 amide bonds. The number of guanidine groups is 1. The summed E-state index contributed by atoms with van der Waals surface area (Å²) in [5.74, 6) is 0.987. The van der Waals surface area contributed by atoms with Gasteiger partial charge in [0.25, 0.3) is 0 Å². The number of aliphatic imine (C=N–C) groups is 1. The molecular weight excluding hydrogens is 499 g/mol. The Labute approximate surface area is 206 Å². The number of hydrogen-bond donors (Lipinski definition) is 2. The second kappa shape index (κ2) is 14.2. The molecule has 31 heavy (non-hydrogen) atoms. The predicted molar refractivity (Wildman–Crippen MR) is 144 cm³/mol. The van der Waals surface area contributed by atoms with E-state index in [9.17, 15) is 0 Å². The molecule has 2 saturated heterocycles. The molecule has 0 radical (unpaired) electrons. The number of likely N-dealkylation sites (tertiary alicyclic amines) is 1. The number of halogens is 1. The third-order valence-electron chi connectivity index (χ3n) is 6.39. The van der Waals surface area contributed by atoms with Crippen molar-refractivity contribution < 1.29 is 0 Å². The van der Waals surface area contributed by atoms with E-state index >= 15 is 0 Å². The monoisotopic (exact) mass is 542 g/mol. The minimum atomic E-state index is 0. The van der Waals surface area contributed by atoms with Crippen LogP contribution in [0.25, 0.3) is 0 Å². The van der Waals surface area contributed by atoms with Crippen molar-refractivity contribution in [1.82, 2.24) is 20.4 Å². The van der Waals surface area contributed by atoms with E-state index in [1.807, 2.05) is 0 Å². The van der Waals surface area contributed by atoms with E-state index < -0.39 is 0 Å². The standard InChI is InChI=1S/C24H42N6.HI/c1-4-13-28-14-11-22(12-15-28)27-24(25-5-2)26-20-21(3)29-16-18-30(19-17-29)23-9-7-6-8-10-23;/h6-10,21-22H,4-5,11-20H2,1-3H3,(H2,25,26,27);1H. The highest BCUT2D eigenvalue weighted by atomic mass is 127. The first-order valence-electron chi connectivity index (χ1n) is 12.0. The van der Waals surface area contributed by atoms with Gasteiger partial charge in [0, 0.05) is 63.6 Å². The average molecular weight is 543 g/mol. The van der Waals surface area contributed by atoms with Crippen LogP contribution in [-0.2, 0) is 0 Å². The molecule has 7 heteroatoms. The quantitative estimate of drug-likeness (QED) is 0.300. The summed E-state index contributed by atoms with van der Waals surface area (Å²) in [6.45, 7) is 16.5. The Bertz CT molecular complexity index is 624. The zero-order valence-corrected chi connectivity index (χ0v) is 22.1. The second-order valence-corrected chi connectivity index (χ2v) is 8.69. The molecule has 2 N–H and O–H groups in total. The number of benzene rings is 1. The van der Waals surface area contributed by atoms with Gasteiger partial charge in [-0.15, -0.1) is 24.0 Å². The van der Waals surface area contributed by atoms with Crippen molar-refractivity contribution >= 4 is 35.6 Å². The summed E-state index contributed by atoms with van der Waals surface area (Å²) >= 11 is 0. The van der Waals surface area contributed by atoms with Crippen LogP contribution in [0, 0.1) is 0 Å². The topological polar surface area (TPSA) is 46.1 Å². The van der Waals surface area contributed by atoms with Crippen LogP contribution in [-0.4, -0.2) is 86.7 Å². The number of anilines is 1. The Morgan fingerprint density at radius 1 is 1.03 bits per heavy atom. The largest absolute Gasteiger partial charge is 0.369 e. The van der Waals surface area contributed by atoms with Crippen molar-refractivity contribution in [1.29, 1.82) is 0 Å². The Balaban J connectivity index is 0.00000341. The van der Waals surface area contributed by atoms with Crippen LogP contribution in [0.1, 0.15) is 40.0 Å².